The topological polar surface area (TPSA) is 64.6 Å². The molecule has 142 valence electrons. The van der Waals surface area contributed by atoms with E-state index in [0.717, 1.165) is 11.6 Å². The van der Waals surface area contributed by atoms with Crippen LogP contribution < -0.4 is 10.1 Å². The first-order valence-corrected chi connectivity index (χ1v) is 8.57. The Morgan fingerprint density at radius 1 is 0.964 bits per heavy atom. The average Bonchev–Trinajstić information content (AvgIpc) is 2.69. The summed E-state index contributed by atoms with van der Waals surface area (Å²) in [6.45, 7) is 1.47. The van der Waals surface area contributed by atoms with Gasteiger partial charge in [0.15, 0.2) is 12.4 Å². The number of rotatable bonds is 6. The lowest BCUT2D eigenvalue weighted by Crippen LogP contribution is -2.21. The molecule has 0 fully saturated rings. The Kier molecular flexibility index (Phi) is 6.01. The fraction of sp³-hybridized carbons (Fsp3) is 0.0909. The fourth-order valence-corrected chi connectivity index (χ4v) is 2.41. The summed E-state index contributed by atoms with van der Waals surface area (Å²) in [4.78, 5) is 24.0. The van der Waals surface area contributed by atoms with E-state index >= 15 is 0 Å². The second-order valence-corrected chi connectivity index (χ2v) is 6.05. The molecule has 0 radical (unpaired) electrons. The molecule has 0 aliphatic rings. The zero-order valence-corrected chi connectivity index (χ0v) is 15.1. The molecule has 0 aliphatic heterocycles. The van der Waals surface area contributed by atoms with Crippen LogP contribution in [0.3, 0.4) is 0 Å². The standard InChI is InChI=1S/C22H18FNO4/c1-15-9-11-18(12-10-15)28-20-8-3-2-7-19(20)24-21(25)14-27-22(26)16-5-4-6-17(23)13-16/h2-13H,14H2,1H3,(H,24,25). The Morgan fingerprint density at radius 3 is 2.46 bits per heavy atom. The van der Waals surface area contributed by atoms with E-state index in [1.807, 2.05) is 31.2 Å². The summed E-state index contributed by atoms with van der Waals surface area (Å²) >= 11 is 0. The first kappa shape index (κ1) is 19.1. The number of nitrogens with one attached hydrogen (secondary N) is 1. The maximum Gasteiger partial charge on any atom is 0.338 e. The maximum absolute atomic E-state index is 13.2. The third-order valence-corrected chi connectivity index (χ3v) is 3.80. The molecule has 3 rings (SSSR count). The molecule has 0 spiro atoms. The summed E-state index contributed by atoms with van der Waals surface area (Å²) in [5.41, 5.74) is 1.58. The molecule has 1 N–H and O–H groups in total. The Bertz CT molecular complexity index is 986. The van der Waals surface area contributed by atoms with Crippen LogP contribution in [-0.4, -0.2) is 18.5 Å². The van der Waals surface area contributed by atoms with Crippen molar-refractivity contribution in [3.63, 3.8) is 0 Å². The van der Waals surface area contributed by atoms with Gasteiger partial charge in [0, 0.05) is 0 Å². The van der Waals surface area contributed by atoms with E-state index < -0.39 is 24.3 Å². The molecule has 0 unspecified atom stereocenters. The summed E-state index contributed by atoms with van der Waals surface area (Å²) in [7, 11) is 0. The number of esters is 1. The molecule has 0 bridgehead atoms. The second-order valence-electron chi connectivity index (χ2n) is 6.05. The first-order valence-electron chi connectivity index (χ1n) is 8.57. The molecule has 28 heavy (non-hydrogen) atoms. The number of hydrogen-bond acceptors (Lipinski definition) is 4. The van der Waals surface area contributed by atoms with E-state index in [9.17, 15) is 14.0 Å². The van der Waals surface area contributed by atoms with Crippen LogP contribution >= 0.6 is 0 Å². The van der Waals surface area contributed by atoms with Gasteiger partial charge in [0.25, 0.3) is 5.91 Å². The third kappa shape index (κ3) is 5.17. The SMILES string of the molecule is Cc1ccc(Oc2ccccc2NC(=O)COC(=O)c2cccc(F)c2)cc1. The van der Waals surface area contributed by atoms with Crippen LogP contribution in [0.2, 0.25) is 0 Å². The van der Waals surface area contributed by atoms with Crippen LogP contribution in [0.15, 0.2) is 72.8 Å². The third-order valence-electron chi connectivity index (χ3n) is 3.80. The number of carbonyl (C=O) groups excluding carboxylic acids is 2. The highest BCUT2D eigenvalue weighted by Crippen LogP contribution is 2.29. The van der Waals surface area contributed by atoms with Crippen molar-refractivity contribution in [1.29, 1.82) is 0 Å². The Hall–Kier alpha value is -3.67. The quantitative estimate of drug-likeness (QED) is 0.630. The van der Waals surface area contributed by atoms with Crippen molar-refractivity contribution in [2.45, 2.75) is 6.92 Å². The molecule has 0 heterocycles. The van der Waals surface area contributed by atoms with Gasteiger partial charge in [-0.15, -0.1) is 0 Å². The average molecular weight is 379 g/mol. The van der Waals surface area contributed by atoms with Crippen LogP contribution in [-0.2, 0) is 9.53 Å². The Morgan fingerprint density at radius 2 is 1.71 bits per heavy atom. The molecule has 0 saturated carbocycles. The van der Waals surface area contributed by atoms with Crippen molar-refractivity contribution >= 4 is 17.6 Å². The minimum absolute atomic E-state index is 0.0379. The molecule has 0 atom stereocenters. The summed E-state index contributed by atoms with van der Waals surface area (Å²) in [6, 6.07) is 19.5. The lowest BCUT2D eigenvalue weighted by molar-refractivity contribution is -0.119. The van der Waals surface area contributed by atoms with Gasteiger partial charge in [-0.2, -0.15) is 0 Å². The van der Waals surface area contributed by atoms with Crippen molar-refractivity contribution in [3.05, 3.63) is 89.7 Å². The van der Waals surface area contributed by atoms with Gasteiger partial charge in [-0.1, -0.05) is 35.9 Å². The fourth-order valence-electron chi connectivity index (χ4n) is 2.41. The summed E-state index contributed by atoms with van der Waals surface area (Å²) in [5, 5.41) is 2.65. The number of ether oxygens (including phenoxy) is 2. The van der Waals surface area contributed by atoms with Gasteiger partial charge in [0.05, 0.1) is 11.3 Å². The molecular formula is C22H18FNO4. The highest BCUT2D eigenvalue weighted by Gasteiger charge is 2.13. The van der Waals surface area contributed by atoms with E-state index in [2.05, 4.69) is 5.32 Å². The number of halogens is 1. The number of hydrogen-bond donors (Lipinski definition) is 1. The van der Waals surface area contributed by atoms with Gasteiger partial charge in [-0.05, 0) is 49.4 Å². The molecule has 5 nitrogen and oxygen atoms in total. The minimum atomic E-state index is -0.779. The lowest BCUT2D eigenvalue weighted by atomic mass is 10.2. The van der Waals surface area contributed by atoms with Crippen molar-refractivity contribution in [2.75, 3.05) is 11.9 Å². The van der Waals surface area contributed by atoms with Gasteiger partial charge >= 0.3 is 5.97 Å². The van der Waals surface area contributed by atoms with E-state index in [4.69, 9.17) is 9.47 Å². The van der Waals surface area contributed by atoms with Crippen molar-refractivity contribution in [3.8, 4) is 11.5 Å². The molecule has 3 aromatic carbocycles. The molecule has 1 amide bonds. The normalized spacial score (nSPS) is 10.2. The number of aryl methyl sites for hydroxylation is 1. The summed E-state index contributed by atoms with van der Waals surface area (Å²) in [6.07, 6.45) is 0. The smallest absolute Gasteiger partial charge is 0.338 e. The number of amides is 1. The number of anilines is 1. The van der Waals surface area contributed by atoms with Crippen molar-refractivity contribution in [1.82, 2.24) is 0 Å². The highest BCUT2D eigenvalue weighted by molar-refractivity contribution is 5.96. The number of benzene rings is 3. The largest absolute Gasteiger partial charge is 0.455 e. The van der Waals surface area contributed by atoms with E-state index in [-0.39, 0.29) is 5.56 Å². The zero-order valence-electron chi connectivity index (χ0n) is 15.1. The summed E-state index contributed by atoms with van der Waals surface area (Å²) < 4.78 is 23.9. The predicted molar refractivity (Wildman–Crippen MR) is 103 cm³/mol. The lowest BCUT2D eigenvalue weighted by Gasteiger charge is -2.12. The molecule has 0 saturated heterocycles. The van der Waals surface area contributed by atoms with Crippen LogP contribution in [0.4, 0.5) is 10.1 Å². The Balaban J connectivity index is 1.61. The minimum Gasteiger partial charge on any atom is -0.455 e. The van der Waals surface area contributed by atoms with Gasteiger partial charge in [-0.3, -0.25) is 4.79 Å². The molecule has 0 aliphatic carbocycles. The monoisotopic (exact) mass is 379 g/mol. The van der Waals surface area contributed by atoms with Crippen molar-refractivity contribution in [2.24, 2.45) is 0 Å². The van der Waals surface area contributed by atoms with E-state index in [1.54, 1.807) is 24.3 Å². The number of para-hydroxylation sites is 2. The van der Waals surface area contributed by atoms with Crippen LogP contribution in [0.25, 0.3) is 0 Å². The van der Waals surface area contributed by atoms with Crippen LogP contribution in [0.1, 0.15) is 15.9 Å². The highest BCUT2D eigenvalue weighted by atomic mass is 19.1. The summed E-state index contributed by atoms with van der Waals surface area (Å²) in [5.74, 6) is -0.786. The molecule has 3 aromatic rings. The Labute approximate surface area is 161 Å². The predicted octanol–water partition coefficient (Wildman–Crippen LogP) is 4.72. The van der Waals surface area contributed by atoms with Gasteiger partial charge in [0.2, 0.25) is 0 Å². The van der Waals surface area contributed by atoms with Gasteiger partial charge in [-0.25, -0.2) is 9.18 Å². The van der Waals surface area contributed by atoms with E-state index in [1.165, 1.54) is 18.2 Å². The van der Waals surface area contributed by atoms with Crippen molar-refractivity contribution < 1.29 is 23.5 Å². The van der Waals surface area contributed by atoms with E-state index in [0.29, 0.717) is 17.2 Å². The molecule has 0 aromatic heterocycles. The molecule has 6 heteroatoms. The van der Waals surface area contributed by atoms with Crippen LogP contribution in [0, 0.1) is 12.7 Å². The van der Waals surface area contributed by atoms with Gasteiger partial charge in [0.1, 0.15) is 11.6 Å². The van der Waals surface area contributed by atoms with Crippen LogP contribution in [0.5, 0.6) is 11.5 Å². The number of carbonyl (C=O) groups is 2. The first-order chi connectivity index (χ1) is 13.5. The second kappa shape index (κ2) is 8.81. The van der Waals surface area contributed by atoms with Gasteiger partial charge < -0.3 is 14.8 Å². The zero-order chi connectivity index (χ0) is 19.9. The maximum atomic E-state index is 13.2. The molecular weight excluding hydrogens is 361 g/mol.